The molecule has 2 aromatic rings. The molecule has 2 rings (SSSR count). The second-order valence-corrected chi connectivity index (χ2v) is 4.39. The number of carbonyl (C=O) groups is 2. The molecule has 21 heavy (non-hydrogen) atoms. The normalized spacial score (nSPS) is 10.4. The number of aromatic amines is 1. The van der Waals surface area contributed by atoms with Crippen LogP contribution in [0.15, 0.2) is 18.6 Å². The van der Waals surface area contributed by atoms with E-state index in [1.807, 2.05) is 0 Å². The van der Waals surface area contributed by atoms with E-state index < -0.39 is 5.97 Å². The number of nitrogens with one attached hydrogen (secondary N) is 2. The first-order valence-electron chi connectivity index (χ1n) is 6.61. The lowest BCUT2D eigenvalue weighted by atomic mass is 10.2. The second kappa shape index (κ2) is 6.69. The molecule has 0 fully saturated rings. The van der Waals surface area contributed by atoms with E-state index in [1.165, 1.54) is 0 Å². The fourth-order valence-corrected chi connectivity index (χ4v) is 1.87. The summed E-state index contributed by atoms with van der Waals surface area (Å²) in [6.45, 7) is 4.18. The number of rotatable bonds is 6. The molecule has 0 aromatic carbocycles. The maximum absolute atomic E-state index is 11.9. The van der Waals surface area contributed by atoms with E-state index in [0.717, 1.165) is 0 Å². The van der Waals surface area contributed by atoms with Crippen molar-refractivity contribution in [2.24, 2.45) is 0 Å². The Bertz CT molecular complexity index is 618. The van der Waals surface area contributed by atoms with Gasteiger partial charge in [-0.2, -0.15) is 0 Å². The van der Waals surface area contributed by atoms with Crippen LogP contribution in [0.1, 0.15) is 29.4 Å². The van der Waals surface area contributed by atoms with Gasteiger partial charge in [0.05, 0.1) is 25.0 Å². The van der Waals surface area contributed by atoms with E-state index in [4.69, 9.17) is 4.74 Å². The van der Waals surface area contributed by atoms with Crippen LogP contribution in [0.2, 0.25) is 0 Å². The lowest BCUT2D eigenvalue weighted by Gasteiger charge is -2.07. The number of hydrogen-bond acceptors (Lipinski definition) is 5. The highest BCUT2D eigenvalue weighted by Crippen LogP contribution is 2.20. The number of esters is 1. The van der Waals surface area contributed by atoms with Crippen molar-refractivity contribution in [3.05, 3.63) is 29.8 Å². The highest BCUT2D eigenvalue weighted by Gasteiger charge is 2.19. The van der Waals surface area contributed by atoms with Gasteiger partial charge >= 0.3 is 5.97 Å². The van der Waals surface area contributed by atoms with Crippen LogP contribution in [0.4, 0.5) is 5.69 Å². The van der Waals surface area contributed by atoms with E-state index in [2.05, 4.69) is 20.6 Å². The number of anilines is 1. The third kappa shape index (κ3) is 3.68. The fourth-order valence-electron chi connectivity index (χ4n) is 1.87. The molecule has 0 bridgehead atoms. The van der Waals surface area contributed by atoms with Crippen molar-refractivity contribution in [1.82, 2.24) is 20.0 Å². The number of H-pyrrole nitrogens is 1. The van der Waals surface area contributed by atoms with Crippen LogP contribution in [0.3, 0.4) is 0 Å². The minimum atomic E-state index is -0.456. The van der Waals surface area contributed by atoms with Crippen LogP contribution < -0.4 is 5.32 Å². The summed E-state index contributed by atoms with van der Waals surface area (Å²) < 4.78 is 6.54. The van der Waals surface area contributed by atoms with E-state index in [1.54, 1.807) is 37.1 Å². The molecule has 112 valence electrons. The lowest BCUT2D eigenvalue weighted by Crippen LogP contribution is -2.17. The molecular weight excluding hydrogens is 274 g/mol. The molecule has 0 atom stereocenters. The minimum Gasteiger partial charge on any atom is -0.462 e. The van der Waals surface area contributed by atoms with E-state index >= 15 is 0 Å². The lowest BCUT2D eigenvalue weighted by molar-refractivity contribution is -0.116. The number of hydrogen-bond donors (Lipinski definition) is 2. The Kier molecular flexibility index (Phi) is 4.70. The summed E-state index contributed by atoms with van der Waals surface area (Å²) >= 11 is 0. The first-order valence-corrected chi connectivity index (χ1v) is 6.61. The third-order valence-electron chi connectivity index (χ3n) is 2.87. The Morgan fingerprint density at radius 1 is 1.48 bits per heavy atom. The average Bonchev–Trinajstić information content (AvgIpc) is 3.07. The second-order valence-electron chi connectivity index (χ2n) is 4.39. The van der Waals surface area contributed by atoms with Gasteiger partial charge in [-0.05, 0) is 13.8 Å². The summed E-state index contributed by atoms with van der Waals surface area (Å²) in [5.41, 5.74) is 1.43. The molecule has 0 aliphatic carbocycles. The molecule has 0 saturated heterocycles. The topological polar surface area (TPSA) is 102 Å². The van der Waals surface area contributed by atoms with Gasteiger partial charge in [0.15, 0.2) is 0 Å². The van der Waals surface area contributed by atoms with Gasteiger partial charge < -0.3 is 15.0 Å². The Balaban J connectivity index is 1.99. The zero-order valence-corrected chi connectivity index (χ0v) is 11.9. The smallest absolute Gasteiger partial charge is 0.342 e. The predicted molar refractivity (Wildman–Crippen MR) is 74.8 cm³/mol. The van der Waals surface area contributed by atoms with Crippen LogP contribution >= 0.6 is 0 Å². The number of amides is 1. The molecule has 0 aliphatic rings. The fraction of sp³-hybridized carbons (Fsp3) is 0.385. The molecule has 2 N–H and O–H groups in total. The van der Waals surface area contributed by atoms with Crippen molar-refractivity contribution in [3.63, 3.8) is 0 Å². The Labute approximate surface area is 121 Å². The van der Waals surface area contributed by atoms with Crippen molar-refractivity contribution in [2.75, 3.05) is 11.9 Å². The van der Waals surface area contributed by atoms with Gasteiger partial charge in [0.1, 0.15) is 5.56 Å². The summed E-state index contributed by atoms with van der Waals surface area (Å²) in [7, 11) is 0. The molecule has 0 radical (unpaired) electrons. The van der Waals surface area contributed by atoms with Crippen molar-refractivity contribution in [2.45, 2.75) is 26.8 Å². The minimum absolute atomic E-state index is 0.213. The van der Waals surface area contributed by atoms with E-state index in [0.29, 0.717) is 23.5 Å². The van der Waals surface area contributed by atoms with Crippen LogP contribution in [0.25, 0.3) is 0 Å². The first kappa shape index (κ1) is 14.8. The third-order valence-corrected chi connectivity index (χ3v) is 2.87. The summed E-state index contributed by atoms with van der Waals surface area (Å²) in [5.74, 6) is -0.669. The standard InChI is InChI=1S/C13H17N5O3/c1-3-21-13(20)12-9(2)14-8-10(12)16-11(19)4-6-18-7-5-15-17-18/h5,7-8,14H,3-4,6H2,1-2H3,(H,16,19). The highest BCUT2D eigenvalue weighted by molar-refractivity contribution is 6.02. The van der Waals surface area contributed by atoms with Crippen molar-refractivity contribution in [3.8, 4) is 0 Å². The first-order chi connectivity index (χ1) is 10.1. The highest BCUT2D eigenvalue weighted by atomic mass is 16.5. The molecule has 0 spiro atoms. The molecular formula is C13H17N5O3. The maximum atomic E-state index is 11.9. The Morgan fingerprint density at radius 2 is 2.29 bits per heavy atom. The molecule has 0 unspecified atom stereocenters. The van der Waals surface area contributed by atoms with Gasteiger partial charge in [0.25, 0.3) is 0 Å². The van der Waals surface area contributed by atoms with Gasteiger partial charge in [-0.15, -0.1) is 5.10 Å². The number of aryl methyl sites for hydroxylation is 2. The van der Waals surface area contributed by atoms with Gasteiger partial charge in [-0.3, -0.25) is 9.48 Å². The Hall–Kier alpha value is -2.64. The van der Waals surface area contributed by atoms with Crippen molar-refractivity contribution >= 4 is 17.6 Å². The van der Waals surface area contributed by atoms with Crippen LogP contribution in [-0.4, -0.2) is 38.5 Å². The predicted octanol–water partition coefficient (Wildman–Crippen LogP) is 1.12. The van der Waals surface area contributed by atoms with E-state index in [-0.39, 0.29) is 18.9 Å². The molecule has 1 amide bonds. The number of ether oxygens (including phenoxy) is 1. The van der Waals surface area contributed by atoms with Gasteiger partial charge in [-0.25, -0.2) is 4.79 Å². The monoisotopic (exact) mass is 291 g/mol. The zero-order valence-electron chi connectivity index (χ0n) is 11.9. The molecule has 0 aliphatic heterocycles. The SMILES string of the molecule is CCOC(=O)c1c(NC(=O)CCn2ccnn2)c[nH]c1C. The summed E-state index contributed by atoms with van der Waals surface area (Å²) in [5, 5.41) is 10.1. The molecule has 2 aromatic heterocycles. The van der Waals surface area contributed by atoms with Gasteiger partial charge in [0, 0.05) is 24.5 Å². The number of aromatic nitrogens is 4. The molecule has 8 nitrogen and oxygen atoms in total. The summed E-state index contributed by atoms with van der Waals surface area (Å²) in [4.78, 5) is 26.7. The van der Waals surface area contributed by atoms with Crippen molar-refractivity contribution < 1.29 is 14.3 Å². The van der Waals surface area contributed by atoms with Crippen LogP contribution in [0, 0.1) is 6.92 Å². The molecule has 8 heteroatoms. The van der Waals surface area contributed by atoms with Crippen molar-refractivity contribution in [1.29, 1.82) is 0 Å². The average molecular weight is 291 g/mol. The quantitative estimate of drug-likeness (QED) is 0.776. The van der Waals surface area contributed by atoms with E-state index in [9.17, 15) is 9.59 Å². The zero-order chi connectivity index (χ0) is 15.2. The van der Waals surface area contributed by atoms with Gasteiger partial charge in [0.2, 0.25) is 5.91 Å². The maximum Gasteiger partial charge on any atom is 0.342 e. The summed E-state index contributed by atoms with van der Waals surface area (Å²) in [6.07, 6.45) is 5.04. The number of carbonyl (C=O) groups excluding carboxylic acids is 2. The Morgan fingerprint density at radius 3 is 2.95 bits per heavy atom. The number of nitrogens with zero attached hydrogens (tertiary/aromatic N) is 3. The summed E-state index contributed by atoms with van der Waals surface area (Å²) in [6, 6.07) is 0. The molecule has 0 saturated carbocycles. The van der Waals surface area contributed by atoms with Crippen LogP contribution in [0.5, 0.6) is 0 Å². The van der Waals surface area contributed by atoms with Gasteiger partial charge in [-0.1, -0.05) is 5.21 Å². The molecule has 2 heterocycles. The van der Waals surface area contributed by atoms with Crippen LogP contribution in [-0.2, 0) is 16.1 Å². The largest absolute Gasteiger partial charge is 0.462 e.